The highest BCUT2D eigenvalue weighted by atomic mass is 16.2. The van der Waals surface area contributed by atoms with Crippen molar-refractivity contribution in [3.63, 3.8) is 0 Å². The summed E-state index contributed by atoms with van der Waals surface area (Å²) >= 11 is 0. The molecular weight excluding hydrogens is 186 g/mol. The van der Waals surface area contributed by atoms with E-state index in [4.69, 9.17) is 6.42 Å². The van der Waals surface area contributed by atoms with Gasteiger partial charge in [-0.05, 0) is 26.2 Å². The Morgan fingerprint density at radius 2 is 2.13 bits per heavy atom. The molecule has 0 aliphatic heterocycles. The maximum Gasteiger partial charge on any atom is 0.226 e. The van der Waals surface area contributed by atoms with Gasteiger partial charge in [-0.2, -0.15) is 0 Å². The van der Waals surface area contributed by atoms with Gasteiger partial charge in [0.05, 0.1) is 0 Å². The van der Waals surface area contributed by atoms with Gasteiger partial charge in [-0.3, -0.25) is 4.79 Å². The molecule has 1 saturated carbocycles. The molecular formula is C13H21NO. The van der Waals surface area contributed by atoms with E-state index in [2.05, 4.69) is 18.2 Å². The molecule has 1 rings (SSSR count). The molecule has 1 amide bonds. The van der Waals surface area contributed by atoms with Crippen LogP contribution in [-0.2, 0) is 4.79 Å². The smallest absolute Gasteiger partial charge is 0.226 e. The molecule has 84 valence electrons. The van der Waals surface area contributed by atoms with E-state index in [-0.39, 0.29) is 17.4 Å². The molecule has 1 aliphatic rings. The molecule has 0 bridgehead atoms. The first kappa shape index (κ1) is 12.1. The minimum atomic E-state index is -0.0944. The predicted molar refractivity (Wildman–Crippen MR) is 62.2 cm³/mol. The number of terminal acetylenes is 1. The number of hydrogen-bond acceptors (Lipinski definition) is 1. The average Bonchev–Trinajstić information content (AvgIpc) is 2.67. The fraction of sp³-hybridized carbons (Fsp3) is 0.769. The number of carbonyl (C=O) groups excluding carboxylic acids is 1. The summed E-state index contributed by atoms with van der Waals surface area (Å²) in [6.45, 7) is 4.08. The van der Waals surface area contributed by atoms with Crippen LogP contribution in [0, 0.1) is 17.8 Å². The van der Waals surface area contributed by atoms with Crippen molar-refractivity contribution in [1.82, 2.24) is 5.32 Å². The van der Waals surface area contributed by atoms with Crippen LogP contribution in [0.3, 0.4) is 0 Å². The van der Waals surface area contributed by atoms with Crippen LogP contribution in [0.25, 0.3) is 0 Å². The van der Waals surface area contributed by atoms with Crippen molar-refractivity contribution in [2.24, 2.45) is 5.41 Å². The van der Waals surface area contributed by atoms with Gasteiger partial charge in [0.15, 0.2) is 0 Å². The number of rotatable bonds is 4. The highest BCUT2D eigenvalue weighted by Gasteiger charge is 2.39. The zero-order chi connectivity index (χ0) is 11.3. The van der Waals surface area contributed by atoms with E-state index in [0.717, 1.165) is 19.3 Å². The van der Waals surface area contributed by atoms with Crippen molar-refractivity contribution >= 4 is 5.91 Å². The molecule has 0 aromatic carbocycles. The van der Waals surface area contributed by atoms with Crippen LogP contribution in [0.2, 0.25) is 0 Å². The average molecular weight is 207 g/mol. The summed E-state index contributed by atoms with van der Waals surface area (Å²) in [7, 11) is 0. The minimum Gasteiger partial charge on any atom is -0.352 e. The van der Waals surface area contributed by atoms with E-state index < -0.39 is 0 Å². The van der Waals surface area contributed by atoms with E-state index in [1.165, 1.54) is 12.8 Å². The van der Waals surface area contributed by atoms with Gasteiger partial charge in [0.1, 0.15) is 0 Å². The van der Waals surface area contributed by atoms with Crippen LogP contribution in [0.1, 0.15) is 52.4 Å². The van der Waals surface area contributed by atoms with Gasteiger partial charge in [-0.25, -0.2) is 0 Å². The first-order valence-electron chi connectivity index (χ1n) is 5.89. The van der Waals surface area contributed by atoms with Crippen molar-refractivity contribution in [3.05, 3.63) is 0 Å². The maximum atomic E-state index is 12.1. The second-order valence-corrected chi connectivity index (χ2v) is 4.62. The van der Waals surface area contributed by atoms with Gasteiger partial charge in [0.2, 0.25) is 5.91 Å². The standard InChI is InChI=1S/C13H21NO/c1-4-8-11(3)14-12(15)13(5-2)9-6-7-10-13/h1,11H,5-10H2,2-3H3,(H,14,15). The summed E-state index contributed by atoms with van der Waals surface area (Å²) < 4.78 is 0. The third kappa shape index (κ3) is 2.75. The van der Waals surface area contributed by atoms with Crippen molar-refractivity contribution in [1.29, 1.82) is 0 Å². The lowest BCUT2D eigenvalue weighted by Gasteiger charge is -2.27. The molecule has 0 saturated heterocycles. The fourth-order valence-corrected chi connectivity index (χ4v) is 2.40. The first-order valence-corrected chi connectivity index (χ1v) is 5.89. The lowest BCUT2D eigenvalue weighted by atomic mass is 9.82. The Balaban J connectivity index is 2.55. The Hall–Kier alpha value is -0.970. The van der Waals surface area contributed by atoms with E-state index >= 15 is 0 Å². The summed E-state index contributed by atoms with van der Waals surface area (Å²) in [6.07, 6.45) is 11.2. The monoisotopic (exact) mass is 207 g/mol. The highest BCUT2D eigenvalue weighted by Crippen LogP contribution is 2.41. The molecule has 1 atom stereocenters. The summed E-state index contributed by atoms with van der Waals surface area (Å²) in [6, 6.07) is 0.103. The molecule has 0 aromatic heterocycles. The number of amides is 1. The minimum absolute atomic E-state index is 0.0944. The molecule has 0 radical (unpaired) electrons. The van der Waals surface area contributed by atoms with E-state index in [1.807, 2.05) is 6.92 Å². The van der Waals surface area contributed by atoms with E-state index in [9.17, 15) is 4.79 Å². The Labute approximate surface area is 92.8 Å². The summed E-state index contributed by atoms with van der Waals surface area (Å²) in [5.74, 6) is 2.79. The van der Waals surface area contributed by atoms with Crippen molar-refractivity contribution in [2.45, 2.75) is 58.4 Å². The zero-order valence-corrected chi connectivity index (χ0v) is 9.81. The van der Waals surface area contributed by atoms with Crippen molar-refractivity contribution in [2.75, 3.05) is 0 Å². The Morgan fingerprint density at radius 1 is 1.53 bits per heavy atom. The molecule has 1 fully saturated rings. The molecule has 1 aliphatic carbocycles. The highest BCUT2D eigenvalue weighted by molar-refractivity contribution is 5.83. The molecule has 1 N–H and O–H groups in total. The molecule has 15 heavy (non-hydrogen) atoms. The van der Waals surface area contributed by atoms with Crippen molar-refractivity contribution < 1.29 is 4.79 Å². The lowest BCUT2D eigenvalue weighted by molar-refractivity contribution is -0.131. The third-order valence-corrected chi connectivity index (χ3v) is 3.52. The van der Waals surface area contributed by atoms with Crippen LogP contribution < -0.4 is 5.32 Å². The maximum absolute atomic E-state index is 12.1. The Bertz CT molecular complexity index is 258. The lowest BCUT2D eigenvalue weighted by Crippen LogP contribution is -2.43. The first-order chi connectivity index (χ1) is 7.14. The largest absolute Gasteiger partial charge is 0.352 e. The van der Waals surface area contributed by atoms with E-state index in [0.29, 0.717) is 6.42 Å². The van der Waals surface area contributed by atoms with Gasteiger partial charge in [-0.15, -0.1) is 12.3 Å². The van der Waals surface area contributed by atoms with Crippen molar-refractivity contribution in [3.8, 4) is 12.3 Å². The van der Waals surface area contributed by atoms with Gasteiger partial charge in [0.25, 0.3) is 0 Å². The van der Waals surface area contributed by atoms with Gasteiger partial charge in [-0.1, -0.05) is 19.8 Å². The summed E-state index contributed by atoms with van der Waals surface area (Å²) in [5.41, 5.74) is -0.0944. The van der Waals surface area contributed by atoms with Crippen LogP contribution in [0.4, 0.5) is 0 Å². The summed E-state index contributed by atoms with van der Waals surface area (Å²) in [4.78, 5) is 12.1. The number of carbonyl (C=O) groups is 1. The normalized spacial score (nSPS) is 20.6. The van der Waals surface area contributed by atoms with Crippen LogP contribution >= 0.6 is 0 Å². The SMILES string of the molecule is C#CCC(C)NC(=O)C1(CC)CCCC1. The second kappa shape index (κ2) is 5.21. The molecule has 0 heterocycles. The molecule has 1 unspecified atom stereocenters. The Morgan fingerprint density at radius 3 is 2.60 bits per heavy atom. The zero-order valence-electron chi connectivity index (χ0n) is 9.81. The predicted octanol–water partition coefficient (Wildman–Crippen LogP) is 2.48. The van der Waals surface area contributed by atoms with Crippen LogP contribution in [0.5, 0.6) is 0 Å². The fourth-order valence-electron chi connectivity index (χ4n) is 2.40. The number of nitrogens with one attached hydrogen (secondary N) is 1. The topological polar surface area (TPSA) is 29.1 Å². The molecule has 0 aromatic rings. The number of hydrogen-bond donors (Lipinski definition) is 1. The van der Waals surface area contributed by atoms with Gasteiger partial charge < -0.3 is 5.32 Å². The van der Waals surface area contributed by atoms with E-state index in [1.54, 1.807) is 0 Å². The van der Waals surface area contributed by atoms with Gasteiger partial charge >= 0.3 is 0 Å². The molecule has 2 nitrogen and oxygen atoms in total. The third-order valence-electron chi connectivity index (χ3n) is 3.52. The quantitative estimate of drug-likeness (QED) is 0.705. The Kier molecular flexibility index (Phi) is 4.20. The summed E-state index contributed by atoms with van der Waals surface area (Å²) in [5, 5.41) is 3.03. The molecule has 2 heteroatoms. The van der Waals surface area contributed by atoms with Crippen LogP contribution in [-0.4, -0.2) is 11.9 Å². The second-order valence-electron chi connectivity index (χ2n) is 4.62. The molecule has 0 spiro atoms. The van der Waals surface area contributed by atoms with Gasteiger partial charge in [0, 0.05) is 17.9 Å². The van der Waals surface area contributed by atoms with Crippen LogP contribution in [0.15, 0.2) is 0 Å².